The topological polar surface area (TPSA) is 61.8 Å². The number of esters is 2. The molecule has 184 valence electrons. The molecule has 0 fully saturated rings. The third-order valence-electron chi connectivity index (χ3n) is 5.14. The van der Waals surface area contributed by atoms with Gasteiger partial charge in [0.25, 0.3) is 0 Å². The van der Waals surface area contributed by atoms with E-state index in [1.54, 1.807) is 32.0 Å². The zero-order chi connectivity index (χ0) is 25.6. The van der Waals surface area contributed by atoms with Crippen LogP contribution in [0.5, 0.6) is 5.75 Å². The van der Waals surface area contributed by atoms with Crippen LogP contribution in [0.25, 0.3) is 11.1 Å². The number of benzene rings is 3. The predicted molar refractivity (Wildman–Crippen MR) is 138 cm³/mol. The molecule has 6 heteroatoms. The van der Waals surface area contributed by atoms with Crippen molar-refractivity contribution in [3.63, 3.8) is 0 Å². The molecular weight excluding hydrogens is 464 g/mol. The monoisotopic (exact) mass is 494 g/mol. The average molecular weight is 495 g/mol. The fourth-order valence-corrected chi connectivity index (χ4v) is 3.47. The van der Waals surface area contributed by atoms with E-state index >= 15 is 0 Å². The quantitative estimate of drug-likeness (QED) is 0.312. The molecule has 0 saturated carbocycles. The Bertz CT molecular complexity index is 1180. The number of para-hydroxylation sites is 1. The fraction of sp³-hybridized carbons (Fsp3) is 0.310. The van der Waals surface area contributed by atoms with Crippen LogP contribution in [0.1, 0.15) is 50.5 Å². The molecule has 35 heavy (non-hydrogen) atoms. The lowest BCUT2D eigenvalue weighted by molar-refractivity contribution is -0.167. The van der Waals surface area contributed by atoms with E-state index < -0.39 is 17.0 Å². The van der Waals surface area contributed by atoms with E-state index in [1.807, 2.05) is 75.4 Å². The lowest BCUT2D eigenvalue weighted by Gasteiger charge is -2.28. The number of carbonyl (C=O) groups is 2. The molecule has 0 saturated heterocycles. The Morgan fingerprint density at radius 3 is 2.17 bits per heavy atom. The van der Waals surface area contributed by atoms with Crippen molar-refractivity contribution in [3.05, 3.63) is 88.9 Å². The van der Waals surface area contributed by atoms with Crippen molar-refractivity contribution in [1.82, 2.24) is 0 Å². The highest BCUT2D eigenvalue weighted by atomic mass is 35.5. The molecule has 0 unspecified atom stereocenters. The van der Waals surface area contributed by atoms with E-state index in [0.717, 1.165) is 16.7 Å². The van der Waals surface area contributed by atoms with Gasteiger partial charge in [-0.3, -0.25) is 4.79 Å². The highest BCUT2D eigenvalue weighted by Crippen LogP contribution is 2.34. The summed E-state index contributed by atoms with van der Waals surface area (Å²) in [6.45, 7) is 9.39. The molecular formula is C29H31ClO5. The van der Waals surface area contributed by atoms with Crippen LogP contribution in [0.2, 0.25) is 5.02 Å². The van der Waals surface area contributed by atoms with Crippen LogP contribution in [0.4, 0.5) is 0 Å². The van der Waals surface area contributed by atoms with Crippen LogP contribution in [-0.2, 0) is 20.9 Å². The van der Waals surface area contributed by atoms with E-state index in [4.69, 9.17) is 25.8 Å². The normalized spacial score (nSPS) is 11.6. The maximum atomic E-state index is 12.6. The van der Waals surface area contributed by atoms with E-state index in [1.165, 1.54) is 0 Å². The smallest absolute Gasteiger partial charge is 0.339 e. The minimum Gasteiger partial charge on any atom is -0.492 e. The van der Waals surface area contributed by atoms with Crippen LogP contribution in [0, 0.1) is 5.41 Å². The molecule has 0 N–H and O–H groups in total. The van der Waals surface area contributed by atoms with Crippen molar-refractivity contribution in [1.29, 1.82) is 0 Å². The maximum Gasteiger partial charge on any atom is 0.339 e. The second-order valence-corrected chi connectivity index (χ2v) is 10.3. The van der Waals surface area contributed by atoms with Gasteiger partial charge in [0, 0.05) is 5.56 Å². The van der Waals surface area contributed by atoms with Gasteiger partial charge < -0.3 is 14.2 Å². The van der Waals surface area contributed by atoms with Crippen molar-refractivity contribution in [2.75, 3.05) is 6.61 Å². The minimum atomic E-state index is -0.843. The molecule has 0 aromatic heterocycles. The largest absolute Gasteiger partial charge is 0.492 e. The summed E-state index contributed by atoms with van der Waals surface area (Å²) in [5.74, 6) is -0.224. The summed E-state index contributed by atoms with van der Waals surface area (Å²) in [6, 6.07) is 22.1. The van der Waals surface area contributed by atoms with Gasteiger partial charge in [0.15, 0.2) is 0 Å². The Morgan fingerprint density at radius 1 is 0.857 bits per heavy atom. The number of hydrogen-bond acceptors (Lipinski definition) is 5. The Balaban J connectivity index is 1.73. The molecule has 0 heterocycles. The summed E-state index contributed by atoms with van der Waals surface area (Å²) in [6.07, 6.45) is 0. The Labute approximate surface area is 212 Å². The molecule has 0 bridgehead atoms. The predicted octanol–water partition coefficient (Wildman–Crippen LogP) is 7.11. The molecule has 0 aliphatic rings. The highest BCUT2D eigenvalue weighted by Gasteiger charge is 2.33. The first kappa shape index (κ1) is 26.3. The molecule has 0 amide bonds. The summed E-state index contributed by atoms with van der Waals surface area (Å²) >= 11 is 6.46. The van der Waals surface area contributed by atoms with Gasteiger partial charge in [-0.05, 0) is 63.9 Å². The van der Waals surface area contributed by atoms with Gasteiger partial charge in [-0.25, -0.2) is 4.79 Å². The second-order valence-electron chi connectivity index (χ2n) is 9.93. The first-order valence-electron chi connectivity index (χ1n) is 11.4. The second kappa shape index (κ2) is 11.0. The number of ether oxygens (including phenoxy) is 3. The molecule has 3 aromatic rings. The molecule has 0 radical (unpaired) electrons. The zero-order valence-corrected chi connectivity index (χ0v) is 21.5. The van der Waals surface area contributed by atoms with Crippen LogP contribution in [-0.4, -0.2) is 24.1 Å². The molecule has 5 nitrogen and oxygen atoms in total. The van der Waals surface area contributed by atoms with E-state index in [9.17, 15) is 9.59 Å². The van der Waals surface area contributed by atoms with Crippen LogP contribution < -0.4 is 4.74 Å². The van der Waals surface area contributed by atoms with E-state index in [0.29, 0.717) is 5.75 Å². The fourth-order valence-electron chi connectivity index (χ4n) is 3.21. The standard InChI is InChI=1S/C29H31ClO5/c1-28(2,3)35-27(32)29(4,5)19-34-25-14-10-9-13-22(25)21-15-16-23(24(30)17-21)26(31)33-18-20-11-7-6-8-12-20/h6-17H,18-19H2,1-5H3. The summed E-state index contributed by atoms with van der Waals surface area (Å²) in [5.41, 5.74) is 1.33. The SMILES string of the molecule is CC(C)(C)OC(=O)C(C)(C)COc1ccccc1-c1ccc(C(=O)OCc2ccccc2)c(Cl)c1. The third kappa shape index (κ3) is 7.33. The van der Waals surface area contributed by atoms with Crippen molar-refractivity contribution >= 4 is 23.5 Å². The van der Waals surface area contributed by atoms with Crippen LogP contribution in [0.15, 0.2) is 72.8 Å². The summed E-state index contributed by atoms with van der Waals surface area (Å²) in [4.78, 5) is 25.1. The Kier molecular flexibility index (Phi) is 8.23. The lowest BCUT2D eigenvalue weighted by Crippen LogP contribution is -2.37. The van der Waals surface area contributed by atoms with Gasteiger partial charge in [0.2, 0.25) is 0 Å². The van der Waals surface area contributed by atoms with Gasteiger partial charge in [-0.15, -0.1) is 0 Å². The number of hydrogen-bond donors (Lipinski definition) is 0. The van der Waals surface area contributed by atoms with Gasteiger partial charge in [-0.1, -0.05) is 66.2 Å². The van der Waals surface area contributed by atoms with Gasteiger partial charge >= 0.3 is 11.9 Å². The van der Waals surface area contributed by atoms with Gasteiger partial charge in [-0.2, -0.15) is 0 Å². The molecule has 0 atom stereocenters. The number of halogens is 1. The van der Waals surface area contributed by atoms with Crippen LogP contribution >= 0.6 is 11.6 Å². The first-order valence-corrected chi connectivity index (χ1v) is 11.8. The van der Waals surface area contributed by atoms with Crippen molar-refractivity contribution < 1.29 is 23.8 Å². The Morgan fingerprint density at radius 2 is 1.51 bits per heavy atom. The van der Waals surface area contributed by atoms with E-state index in [-0.39, 0.29) is 29.8 Å². The molecule has 0 aliphatic carbocycles. The maximum absolute atomic E-state index is 12.6. The first-order chi connectivity index (χ1) is 16.5. The number of carbonyl (C=O) groups excluding carboxylic acids is 2. The Hall–Kier alpha value is -3.31. The van der Waals surface area contributed by atoms with Crippen LogP contribution in [0.3, 0.4) is 0 Å². The van der Waals surface area contributed by atoms with Gasteiger partial charge in [0.1, 0.15) is 24.6 Å². The highest BCUT2D eigenvalue weighted by molar-refractivity contribution is 6.33. The van der Waals surface area contributed by atoms with Crippen molar-refractivity contribution in [3.8, 4) is 16.9 Å². The third-order valence-corrected chi connectivity index (χ3v) is 5.45. The molecule has 3 aromatic carbocycles. The summed E-state index contributed by atoms with van der Waals surface area (Å²) < 4.78 is 17.0. The summed E-state index contributed by atoms with van der Waals surface area (Å²) in [7, 11) is 0. The summed E-state index contributed by atoms with van der Waals surface area (Å²) in [5, 5.41) is 0.282. The molecule has 0 aliphatic heterocycles. The van der Waals surface area contributed by atoms with Crippen molar-refractivity contribution in [2.45, 2.75) is 46.8 Å². The van der Waals surface area contributed by atoms with Gasteiger partial charge in [0.05, 0.1) is 16.0 Å². The zero-order valence-electron chi connectivity index (χ0n) is 20.8. The average Bonchev–Trinajstić information content (AvgIpc) is 2.81. The lowest BCUT2D eigenvalue weighted by atomic mass is 9.94. The molecule has 0 spiro atoms. The number of rotatable bonds is 8. The van der Waals surface area contributed by atoms with Crippen molar-refractivity contribution in [2.24, 2.45) is 5.41 Å². The molecule has 3 rings (SSSR count). The van der Waals surface area contributed by atoms with E-state index in [2.05, 4.69) is 0 Å². The minimum absolute atomic E-state index is 0.135.